The van der Waals surface area contributed by atoms with E-state index in [9.17, 15) is 8.42 Å². The first-order valence-corrected chi connectivity index (χ1v) is 10.7. The molecule has 0 saturated carbocycles. The highest BCUT2D eigenvalue weighted by Crippen LogP contribution is 2.32. The molecule has 0 unspecified atom stereocenters. The number of hydrogen-bond donors (Lipinski definition) is 3. The minimum Gasteiger partial charge on any atom is -0.497 e. The molecule has 0 aliphatic heterocycles. The molecule has 2 aromatic carbocycles. The normalized spacial score (nSPS) is 11.4. The molecular formula is C20H20N6O4S. The van der Waals surface area contributed by atoms with Gasteiger partial charge in [0.25, 0.3) is 0 Å². The summed E-state index contributed by atoms with van der Waals surface area (Å²) in [7, 11) is -0.699. The number of nitrogens with zero attached hydrogens (tertiary/aromatic N) is 3. The van der Waals surface area contributed by atoms with Gasteiger partial charge in [0.15, 0.2) is 11.5 Å². The van der Waals surface area contributed by atoms with Gasteiger partial charge < -0.3 is 19.8 Å². The Bertz CT molecular complexity index is 1320. The van der Waals surface area contributed by atoms with Crippen molar-refractivity contribution in [3.63, 3.8) is 0 Å². The van der Waals surface area contributed by atoms with Crippen molar-refractivity contribution >= 4 is 32.7 Å². The van der Waals surface area contributed by atoms with Gasteiger partial charge in [-0.05, 0) is 42.9 Å². The van der Waals surface area contributed by atoms with Gasteiger partial charge in [-0.15, -0.1) is 0 Å². The van der Waals surface area contributed by atoms with Gasteiger partial charge in [-0.2, -0.15) is 0 Å². The van der Waals surface area contributed by atoms with E-state index in [4.69, 9.17) is 9.47 Å². The molecule has 4 rings (SSSR count). The first-order chi connectivity index (χ1) is 15.0. The summed E-state index contributed by atoms with van der Waals surface area (Å²) in [5, 5.41) is 3.13. The third kappa shape index (κ3) is 4.42. The fourth-order valence-electron chi connectivity index (χ4n) is 2.93. The van der Waals surface area contributed by atoms with Crippen LogP contribution >= 0.6 is 0 Å². The summed E-state index contributed by atoms with van der Waals surface area (Å²) < 4.78 is 38.1. The highest BCUT2D eigenvalue weighted by atomic mass is 32.2. The topological polar surface area (TPSA) is 131 Å². The summed E-state index contributed by atoms with van der Waals surface area (Å²) in [6, 6.07) is 12.0. The lowest BCUT2D eigenvalue weighted by atomic mass is 10.2. The van der Waals surface area contributed by atoms with E-state index in [1.54, 1.807) is 13.2 Å². The van der Waals surface area contributed by atoms with Crippen molar-refractivity contribution < 1.29 is 17.9 Å². The molecule has 2 heterocycles. The van der Waals surface area contributed by atoms with E-state index in [-0.39, 0.29) is 11.5 Å². The highest BCUT2D eigenvalue weighted by molar-refractivity contribution is 7.89. The zero-order chi connectivity index (χ0) is 21.8. The smallest absolute Gasteiger partial charge is 0.240 e. The SMILES string of the molecule is CNS(=O)(=O)c1ccc(OCc2cccc(OC)c2)c(Nc2ncnc3nc[nH]c23)c1. The van der Waals surface area contributed by atoms with E-state index in [1.165, 1.54) is 31.8 Å². The summed E-state index contributed by atoms with van der Waals surface area (Å²) in [6.07, 6.45) is 2.88. The number of ether oxygens (including phenoxy) is 2. The van der Waals surface area contributed by atoms with Crippen molar-refractivity contribution in [1.82, 2.24) is 24.7 Å². The van der Waals surface area contributed by atoms with Crippen LogP contribution in [0.4, 0.5) is 11.5 Å². The lowest BCUT2D eigenvalue weighted by molar-refractivity contribution is 0.306. The van der Waals surface area contributed by atoms with E-state index < -0.39 is 10.0 Å². The van der Waals surface area contributed by atoms with Crippen LogP contribution in [-0.2, 0) is 16.6 Å². The maximum absolute atomic E-state index is 12.3. The van der Waals surface area contributed by atoms with Crippen LogP contribution < -0.4 is 19.5 Å². The van der Waals surface area contributed by atoms with Crippen molar-refractivity contribution in [2.75, 3.05) is 19.5 Å². The number of rotatable bonds is 8. The van der Waals surface area contributed by atoms with Gasteiger partial charge in [0.05, 0.1) is 24.0 Å². The average molecular weight is 440 g/mol. The van der Waals surface area contributed by atoms with E-state index in [1.807, 2.05) is 24.3 Å². The number of aromatic nitrogens is 4. The molecule has 0 aliphatic carbocycles. The number of methoxy groups -OCH3 is 1. The second kappa shape index (κ2) is 8.58. The van der Waals surface area contributed by atoms with E-state index in [0.717, 1.165) is 11.3 Å². The van der Waals surface area contributed by atoms with Gasteiger partial charge in [-0.1, -0.05) is 12.1 Å². The van der Waals surface area contributed by atoms with Crippen LogP contribution in [-0.4, -0.2) is 42.5 Å². The Morgan fingerprint density at radius 3 is 2.77 bits per heavy atom. The summed E-state index contributed by atoms with van der Waals surface area (Å²) in [4.78, 5) is 15.5. The van der Waals surface area contributed by atoms with Crippen LogP contribution in [0.15, 0.2) is 60.0 Å². The van der Waals surface area contributed by atoms with Gasteiger partial charge in [0, 0.05) is 0 Å². The van der Waals surface area contributed by atoms with Gasteiger partial charge in [0.2, 0.25) is 10.0 Å². The molecular weight excluding hydrogens is 420 g/mol. The highest BCUT2D eigenvalue weighted by Gasteiger charge is 2.17. The number of fused-ring (bicyclic) bond motifs is 1. The molecule has 2 aromatic heterocycles. The molecule has 0 radical (unpaired) electrons. The lowest BCUT2D eigenvalue weighted by Crippen LogP contribution is -2.18. The molecule has 160 valence electrons. The predicted octanol–water partition coefficient (Wildman–Crippen LogP) is 2.59. The number of nitrogens with one attached hydrogen (secondary N) is 3. The molecule has 11 heteroatoms. The average Bonchev–Trinajstić information content (AvgIpc) is 3.28. The number of aromatic amines is 1. The van der Waals surface area contributed by atoms with Crippen molar-refractivity contribution in [3.05, 3.63) is 60.7 Å². The summed E-state index contributed by atoms with van der Waals surface area (Å²) in [6.45, 7) is 0.257. The molecule has 4 aromatic rings. The van der Waals surface area contributed by atoms with Gasteiger partial charge in [-0.25, -0.2) is 28.1 Å². The van der Waals surface area contributed by atoms with Crippen molar-refractivity contribution in [2.45, 2.75) is 11.5 Å². The number of anilines is 2. The minimum absolute atomic E-state index is 0.0844. The molecule has 0 aliphatic rings. The molecule has 0 saturated heterocycles. The molecule has 0 fully saturated rings. The Balaban J connectivity index is 1.69. The zero-order valence-electron chi connectivity index (χ0n) is 16.8. The largest absolute Gasteiger partial charge is 0.497 e. The fourth-order valence-corrected chi connectivity index (χ4v) is 3.68. The third-order valence-electron chi connectivity index (χ3n) is 4.53. The molecule has 0 atom stereocenters. The zero-order valence-corrected chi connectivity index (χ0v) is 17.6. The number of H-pyrrole nitrogens is 1. The Labute approximate surface area is 178 Å². The maximum Gasteiger partial charge on any atom is 0.240 e. The third-order valence-corrected chi connectivity index (χ3v) is 5.95. The maximum atomic E-state index is 12.3. The number of benzene rings is 2. The monoisotopic (exact) mass is 440 g/mol. The molecule has 0 bridgehead atoms. The summed E-state index contributed by atoms with van der Waals surface area (Å²) in [5.41, 5.74) is 2.39. The molecule has 10 nitrogen and oxygen atoms in total. The van der Waals surface area contributed by atoms with E-state index in [0.29, 0.717) is 28.4 Å². The number of sulfonamides is 1. The van der Waals surface area contributed by atoms with Crippen LogP contribution in [0.5, 0.6) is 11.5 Å². The van der Waals surface area contributed by atoms with Crippen molar-refractivity contribution in [1.29, 1.82) is 0 Å². The summed E-state index contributed by atoms with van der Waals surface area (Å²) >= 11 is 0. The second-order valence-corrected chi connectivity index (χ2v) is 8.34. The quantitative estimate of drug-likeness (QED) is 0.381. The summed E-state index contributed by atoms with van der Waals surface area (Å²) in [5.74, 6) is 1.61. The first-order valence-electron chi connectivity index (χ1n) is 9.24. The van der Waals surface area contributed by atoms with Crippen molar-refractivity contribution in [3.8, 4) is 11.5 Å². The molecule has 0 spiro atoms. The fraction of sp³-hybridized carbons (Fsp3) is 0.150. The van der Waals surface area contributed by atoms with E-state index >= 15 is 0 Å². The standard InChI is InChI=1S/C20H20N6O4S/c1-21-31(27,28)15-6-7-17(30-10-13-4-3-5-14(8-13)29-2)16(9-15)26-20-18-19(23-11-22-18)24-12-25-20/h3-9,11-12,21H,10H2,1-2H3,(H2,22,23,24,25,26). The second-order valence-electron chi connectivity index (χ2n) is 6.45. The van der Waals surface area contributed by atoms with Crippen LogP contribution in [0.25, 0.3) is 11.2 Å². The van der Waals surface area contributed by atoms with Gasteiger partial charge in [0.1, 0.15) is 29.9 Å². The van der Waals surface area contributed by atoms with Crippen LogP contribution in [0.3, 0.4) is 0 Å². The van der Waals surface area contributed by atoms with Crippen LogP contribution in [0, 0.1) is 0 Å². The molecule has 0 amide bonds. The van der Waals surface area contributed by atoms with Gasteiger partial charge in [-0.3, -0.25) is 0 Å². The lowest BCUT2D eigenvalue weighted by Gasteiger charge is -2.15. The Kier molecular flexibility index (Phi) is 5.69. The first kappa shape index (κ1) is 20.6. The molecule has 31 heavy (non-hydrogen) atoms. The van der Waals surface area contributed by atoms with E-state index in [2.05, 4.69) is 30.0 Å². The molecule has 3 N–H and O–H groups in total. The predicted molar refractivity (Wildman–Crippen MR) is 115 cm³/mol. The van der Waals surface area contributed by atoms with Gasteiger partial charge >= 0.3 is 0 Å². The van der Waals surface area contributed by atoms with Crippen LogP contribution in [0.1, 0.15) is 5.56 Å². The Morgan fingerprint density at radius 2 is 1.97 bits per heavy atom. The Hall–Kier alpha value is -3.70. The number of imidazole rings is 1. The minimum atomic E-state index is -3.65. The number of hydrogen-bond acceptors (Lipinski definition) is 8. The van der Waals surface area contributed by atoms with Crippen molar-refractivity contribution in [2.24, 2.45) is 0 Å². The Morgan fingerprint density at radius 1 is 1.10 bits per heavy atom. The van der Waals surface area contributed by atoms with Crippen LogP contribution in [0.2, 0.25) is 0 Å².